The van der Waals surface area contributed by atoms with Crippen LogP contribution in [0.5, 0.6) is 0 Å². The number of nitrogens with zero attached hydrogens (tertiary/aromatic N) is 1. The maximum atomic E-state index is 12.6. The average Bonchev–Trinajstić information content (AvgIpc) is 3.17. The van der Waals surface area contributed by atoms with E-state index in [1.165, 1.54) is 0 Å². The lowest BCUT2D eigenvalue weighted by molar-refractivity contribution is 0.114. The highest BCUT2D eigenvalue weighted by atomic mass is 32.2. The van der Waals surface area contributed by atoms with Gasteiger partial charge in [-0.1, -0.05) is 12.1 Å². The van der Waals surface area contributed by atoms with Gasteiger partial charge in [0.1, 0.15) is 0 Å². The summed E-state index contributed by atoms with van der Waals surface area (Å²) in [7, 11) is -3.56. The van der Waals surface area contributed by atoms with Gasteiger partial charge < -0.3 is 4.74 Å². The van der Waals surface area contributed by atoms with Gasteiger partial charge in [-0.15, -0.1) is 11.3 Å². The van der Waals surface area contributed by atoms with Crippen molar-refractivity contribution in [2.45, 2.75) is 37.7 Å². The SMILES string of the molecule is Cc1nc(-c2ccc(C)c(S(=O)(=O)NCC3CCCO3)c2)cs1. The van der Waals surface area contributed by atoms with Crippen molar-refractivity contribution in [2.24, 2.45) is 0 Å². The molecule has 0 saturated carbocycles. The Labute approximate surface area is 140 Å². The standard InChI is InChI=1S/C16H20N2O3S2/c1-11-5-6-13(15-10-22-12(2)18-15)8-16(11)23(19,20)17-9-14-4-3-7-21-14/h5-6,8,10,14,17H,3-4,7,9H2,1-2H3. The number of rotatable bonds is 5. The van der Waals surface area contributed by atoms with Crippen molar-refractivity contribution < 1.29 is 13.2 Å². The molecule has 0 bridgehead atoms. The van der Waals surface area contributed by atoms with Crippen LogP contribution in [-0.4, -0.2) is 32.7 Å². The zero-order valence-corrected chi connectivity index (χ0v) is 14.8. The second kappa shape index (κ2) is 6.68. The maximum absolute atomic E-state index is 12.6. The second-order valence-corrected chi connectivity index (χ2v) is 8.52. The van der Waals surface area contributed by atoms with E-state index in [-0.39, 0.29) is 6.10 Å². The predicted molar refractivity (Wildman–Crippen MR) is 91.2 cm³/mol. The zero-order chi connectivity index (χ0) is 16.4. The smallest absolute Gasteiger partial charge is 0.240 e. The molecule has 7 heteroatoms. The molecule has 1 aliphatic heterocycles. The molecule has 1 N–H and O–H groups in total. The fourth-order valence-electron chi connectivity index (χ4n) is 2.63. The molecule has 0 radical (unpaired) electrons. The van der Waals surface area contributed by atoms with Crippen molar-refractivity contribution in [3.8, 4) is 11.3 Å². The Morgan fingerprint density at radius 1 is 1.39 bits per heavy atom. The van der Waals surface area contributed by atoms with Crippen LogP contribution in [0.3, 0.4) is 0 Å². The van der Waals surface area contributed by atoms with Crippen LogP contribution in [0.2, 0.25) is 0 Å². The monoisotopic (exact) mass is 352 g/mol. The van der Waals surface area contributed by atoms with Crippen molar-refractivity contribution in [3.05, 3.63) is 34.2 Å². The van der Waals surface area contributed by atoms with Crippen LogP contribution in [-0.2, 0) is 14.8 Å². The molecule has 23 heavy (non-hydrogen) atoms. The van der Waals surface area contributed by atoms with E-state index in [1.807, 2.05) is 24.4 Å². The third-order valence-corrected chi connectivity index (χ3v) is 6.26. The van der Waals surface area contributed by atoms with Gasteiger partial charge in [-0.3, -0.25) is 0 Å². The van der Waals surface area contributed by atoms with E-state index < -0.39 is 10.0 Å². The van der Waals surface area contributed by atoms with E-state index >= 15 is 0 Å². The van der Waals surface area contributed by atoms with Crippen molar-refractivity contribution in [1.82, 2.24) is 9.71 Å². The first-order chi connectivity index (χ1) is 11.0. The van der Waals surface area contributed by atoms with Gasteiger partial charge in [-0.2, -0.15) is 0 Å². The topological polar surface area (TPSA) is 68.3 Å². The lowest BCUT2D eigenvalue weighted by atomic mass is 10.1. The van der Waals surface area contributed by atoms with Crippen LogP contribution >= 0.6 is 11.3 Å². The van der Waals surface area contributed by atoms with Crippen LogP contribution in [0.15, 0.2) is 28.5 Å². The van der Waals surface area contributed by atoms with Gasteiger partial charge in [0.15, 0.2) is 0 Å². The summed E-state index contributed by atoms with van der Waals surface area (Å²) in [4.78, 5) is 4.73. The number of nitrogens with one attached hydrogen (secondary N) is 1. The molecule has 0 spiro atoms. The molecule has 2 aromatic rings. The molecule has 1 aromatic heterocycles. The van der Waals surface area contributed by atoms with Crippen molar-refractivity contribution >= 4 is 21.4 Å². The van der Waals surface area contributed by atoms with Gasteiger partial charge in [0.2, 0.25) is 10.0 Å². The highest BCUT2D eigenvalue weighted by Crippen LogP contribution is 2.26. The van der Waals surface area contributed by atoms with E-state index in [9.17, 15) is 8.42 Å². The molecule has 2 heterocycles. The predicted octanol–water partition coefficient (Wildman–Crippen LogP) is 2.88. The Morgan fingerprint density at radius 3 is 2.87 bits per heavy atom. The maximum Gasteiger partial charge on any atom is 0.240 e. The Hall–Kier alpha value is -1.28. The second-order valence-electron chi connectivity index (χ2n) is 5.72. The number of sulfonamides is 1. The molecule has 5 nitrogen and oxygen atoms in total. The van der Waals surface area contributed by atoms with Crippen LogP contribution in [0, 0.1) is 13.8 Å². The van der Waals surface area contributed by atoms with E-state index in [0.29, 0.717) is 18.0 Å². The summed E-state index contributed by atoms with van der Waals surface area (Å²) in [5.74, 6) is 0. The normalized spacial score (nSPS) is 18.4. The number of hydrogen-bond acceptors (Lipinski definition) is 5. The fraction of sp³-hybridized carbons (Fsp3) is 0.438. The largest absolute Gasteiger partial charge is 0.377 e. The van der Waals surface area contributed by atoms with Crippen molar-refractivity contribution in [2.75, 3.05) is 13.2 Å². The molecule has 1 saturated heterocycles. The number of thiazole rings is 1. The number of benzene rings is 1. The Kier molecular flexibility index (Phi) is 4.82. The first-order valence-electron chi connectivity index (χ1n) is 7.60. The minimum Gasteiger partial charge on any atom is -0.377 e. The Bertz CT molecular complexity index is 793. The third kappa shape index (κ3) is 3.80. The van der Waals surface area contributed by atoms with Crippen LogP contribution in [0.25, 0.3) is 11.3 Å². The summed E-state index contributed by atoms with van der Waals surface area (Å²) in [6, 6.07) is 5.43. The van der Waals surface area contributed by atoms with Gasteiger partial charge in [-0.25, -0.2) is 18.1 Å². The van der Waals surface area contributed by atoms with Crippen molar-refractivity contribution in [3.63, 3.8) is 0 Å². The molecule has 0 amide bonds. The fourth-order valence-corrected chi connectivity index (χ4v) is 4.59. The third-order valence-electron chi connectivity index (χ3n) is 3.92. The summed E-state index contributed by atoms with van der Waals surface area (Å²) >= 11 is 1.55. The summed E-state index contributed by atoms with van der Waals surface area (Å²) in [5, 5.41) is 2.90. The van der Waals surface area contributed by atoms with E-state index in [0.717, 1.165) is 34.7 Å². The molecular weight excluding hydrogens is 332 g/mol. The highest BCUT2D eigenvalue weighted by molar-refractivity contribution is 7.89. The molecule has 1 atom stereocenters. The number of hydrogen-bond donors (Lipinski definition) is 1. The summed E-state index contributed by atoms with van der Waals surface area (Å²) < 4.78 is 33.4. The van der Waals surface area contributed by atoms with E-state index in [4.69, 9.17) is 4.74 Å². The quantitative estimate of drug-likeness (QED) is 0.898. The minimum atomic E-state index is -3.56. The minimum absolute atomic E-state index is 0.0190. The lowest BCUT2D eigenvalue weighted by Gasteiger charge is -2.13. The van der Waals surface area contributed by atoms with Gasteiger partial charge in [0, 0.05) is 24.1 Å². The van der Waals surface area contributed by atoms with Crippen LogP contribution < -0.4 is 4.72 Å². The average molecular weight is 352 g/mol. The van der Waals surface area contributed by atoms with Gasteiger partial charge in [-0.05, 0) is 38.3 Å². The van der Waals surface area contributed by atoms with E-state index in [1.54, 1.807) is 24.3 Å². The summed E-state index contributed by atoms with van der Waals surface area (Å²) in [5.41, 5.74) is 2.35. The van der Waals surface area contributed by atoms with Gasteiger partial charge in [0.25, 0.3) is 0 Å². The highest BCUT2D eigenvalue weighted by Gasteiger charge is 2.22. The molecule has 1 unspecified atom stereocenters. The van der Waals surface area contributed by atoms with Gasteiger partial charge >= 0.3 is 0 Å². The zero-order valence-electron chi connectivity index (χ0n) is 13.2. The molecule has 3 rings (SSSR count). The summed E-state index contributed by atoms with van der Waals surface area (Å²) in [6.07, 6.45) is 1.87. The molecule has 1 fully saturated rings. The summed E-state index contributed by atoms with van der Waals surface area (Å²) in [6.45, 7) is 4.77. The molecule has 0 aliphatic carbocycles. The molecule has 1 aromatic carbocycles. The van der Waals surface area contributed by atoms with Crippen molar-refractivity contribution in [1.29, 1.82) is 0 Å². The molecular formula is C16H20N2O3S2. The molecule has 124 valence electrons. The lowest BCUT2D eigenvalue weighted by Crippen LogP contribution is -2.32. The number of ether oxygens (including phenoxy) is 1. The Balaban J connectivity index is 1.85. The number of aromatic nitrogens is 1. The first-order valence-corrected chi connectivity index (χ1v) is 9.96. The van der Waals surface area contributed by atoms with E-state index in [2.05, 4.69) is 9.71 Å². The number of aryl methyl sites for hydroxylation is 2. The Morgan fingerprint density at radius 2 is 2.22 bits per heavy atom. The van der Waals surface area contributed by atoms with Crippen LogP contribution in [0.1, 0.15) is 23.4 Å². The van der Waals surface area contributed by atoms with Gasteiger partial charge in [0.05, 0.1) is 21.7 Å². The first kappa shape index (κ1) is 16.6. The molecule has 1 aliphatic rings. The van der Waals surface area contributed by atoms with Crippen LogP contribution in [0.4, 0.5) is 0 Å².